The van der Waals surface area contributed by atoms with E-state index >= 15 is 0 Å². The van der Waals surface area contributed by atoms with Crippen LogP contribution in [0.3, 0.4) is 0 Å². The molecule has 2 aliphatic rings. The van der Waals surface area contributed by atoms with Gasteiger partial charge in [0.1, 0.15) is 0 Å². The predicted octanol–water partition coefficient (Wildman–Crippen LogP) is 2.25. The van der Waals surface area contributed by atoms with Gasteiger partial charge in [0.2, 0.25) is 5.91 Å². The van der Waals surface area contributed by atoms with Gasteiger partial charge < -0.3 is 16.0 Å². The summed E-state index contributed by atoms with van der Waals surface area (Å²) in [6.07, 6.45) is 6.07. The lowest BCUT2D eigenvalue weighted by Gasteiger charge is -2.27. The number of nitrogens with one attached hydrogen (secondary N) is 3. The van der Waals surface area contributed by atoms with Crippen LogP contribution in [0.2, 0.25) is 0 Å². The summed E-state index contributed by atoms with van der Waals surface area (Å²) < 4.78 is 0. The summed E-state index contributed by atoms with van der Waals surface area (Å²) in [5, 5.41) is 9.59. The molecule has 6 heteroatoms. The van der Waals surface area contributed by atoms with Crippen molar-refractivity contribution in [1.82, 2.24) is 20.9 Å². The van der Waals surface area contributed by atoms with Crippen LogP contribution in [0.1, 0.15) is 50.2 Å². The van der Waals surface area contributed by atoms with Crippen molar-refractivity contribution >= 4 is 11.9 Å². The van der Waals surface area contributed by atoms with Crippen molar-refractivity contribution in [2.45, 2.75) is 52.1 Å². The van der Waals surface area contributed by atoms with Gasteiger partial charge in [0.15, 0.2) is 5.96 Å². The van der Waals surface area contributed by atoms with Crippen LogP contribution in [-0.2, 0) is 17.9 Å². The standard InChI is InChI=1S/C22H35N5O/c1-2-23-22(25-13-12-24-21(28)18-10-11-18)26-16-19-8-4-5-9-20(19)17-27-14-6-3-7-15-27/h4-5,8-9,18H,2-3,6-7,10-17H2,1H3,(H,24,28)(H2,23,25,26). The second-order valence-electron chi connectivity index (χ2n) is 7.79. The van der Waals surface area contributed by atoms with E-state index in [1.807, 2.05) is 0 Å². The first kappa shape index (κ1) is 20.6. The molecule has 0 unspecified atom stereocenters. The number of guanidine groups is 1. The molecule has 1 saturated carbocycles. The summed E-state index contributed by atoms with van der Waals surface area (Å²) in [5.74, 6) is 1.25. The van der Waals surface area contributed by atoms with E-state index in [0.29, 0.717) is 19.6 Å². The number of hydrogen-bond donors (Lipinski definition) is 3. The lowest BCUT2D eigenvalue weighted by Crippen LogP contribution is -2.41. The fraction of sp³-hybridized carbons (Fsp3) is 0.636. The minimum absolute atomic E-state index is 0.190. The van der Waals surface area contributed by atoms with Gasteiger partial charge in [0.05, 0.1) is 6.54 Å². The Kier molecular flexibility index (Phi) is 8.15. The Morgan fingerprint density at radius 2 is 1.75 bits per heavy atom. The molecule has 0 aromatic heterocycles. The zero-order valence-corrected chi connectivity index (χ0v) is 17.2. The molecule has 1 amide bonds. The molecule has 3 rings (SSSR count). The van der Waals surface area contributed by atoms with Crippen molar-refractivity contribution in [2.75, 3.05) is 32.7 Å². The average molecular weight is 386 g/mol. The quantitative estimate of drug-likeness (QED) is 0.346. The molecule has 1 heterocycles. The first-order valence-corrected chi connectivity index (χ1v) is 10.9. The van der Waals surface area contributed by atoms with E-state index < -0.39 is 0 Å². The molecule has 3 N–H and O–H groups in total. The fourth-order valence-electron chi connectivity index (χ4n) is 3.59. The molecule has 0 atom stereocenters. The second kappa shape index (κ2) is 11.1. The molecule has 28 heavy (non-hydrogen) atoms. The van der Waals surface area contributed by atoms with Crippen molar-refractivity contribution in [1.29, 1.82) is 0 Å². The number of likely N-dealkylation sites (tertiary alicyclic amines) is 1. The Labute approximate surface area is 169 Å². The van der Waals surface area contributed by atoms with E-state index in [4.69, 9.17) is 4.99 Å². The van der Waals surface area contributed by atoms with Crippen molar-refractivity contribution in [3.05, 3.63) is 35.4 Å². The smallest absolute Gasteiger partial charge is 0.223 e. The number of piperidine rings is 1. The van der Waals surface area contributed by atoms with Gasteiger partial charge in [-0.15, -0.1) is 0 Å². The summed E-state index contributed by atoms with van der Waals surface area (Å²) >= 11 is 0. The number of carbonyl (C=O) groups is 1. The second-order valence-corrected chi connectivity index (χ2v) is 7.79. The van der Waals surface area contributed by atoms with Crippen LogP contribution >= 0.6 is 0 Å². The molecule has 1 aliphatic heterocycles. The van der Waals surface area contributed by atoms with E-state index in [1.54, 1.807) is 0 Å². The zero-order valence-electron chi connectivity index (χ0n) is 17.2. The minimum Gasteiger partial charge on any atom is -0.357 e. The van der Waals surface area contributed by atoms with Gasteiger partial charge >= 0.3 is 0 Å². The van der Waals surface area contributed by atoms with E-state index in [9.17, 15) is 4.79 Å². The predicted molar refractivity (Wildman–Crippen MR) is 114 cm³/mol. The summed E-state index contributed by atoms with van der Waals surface area (Å²) in [5.41, 5.74) is 2.66. The van der Waals surface area contributed by atoms with Crippen LogP contribution in [0, 0.1) is 5.92 Å². The van der Waals surface area contributed by atoms with Crippen LogP contribution in [0.25, 0.3) is 0 Å². The van der Waals surface area contributed by atoms with Gasteiger partial charge in [0.25, 0.3) is 0 Å². The fourth-order valence-corrected chi connectivity index (χ4v) is 3.59. The third kappa shape index (κ3) is 6.82. The third-order valence-corrected chi connectivity index (χ3v) is 5.38. The Morgan fingerprint density at radius 1 is 1.04 bits per heavy atom. The van der Waals surface area contributed by atoms with Crippen molar-refractivity contribution in [3.63, 3.8) is 0 Å². The number of carbonyl (C=O) groups excluding carboxylic acids is 1. The lowest BCUT2D eigenvalue weighted by atomic mass is 10.1. The molecule has 1 aromatic carbocycles. The van der Waals surface area contributed by atoms with E-state index in [0.717, 1.165) is 31.9 Å². The molecule has 154 valence electrons. The molecule has 1 saturated heterocycles. The third-order valence-electron chi connectivity index (χ3n) is 5.38. The highest BCUT2D eigenvalue weighted by atomic mass is 16.2. The van der Waals surface area contributed by atoms with Crippen LogP contribution in [-0.4, -0.2) is 49.5 Å². The Hall–Kier alpha value is -2.08. The van der Waals surface area contributed by atoms with Crippen molar-refractivity contribution in [3.8, 4) is 0 Å². The van der Waals surface area contributed by atoms with E-state index in [-0.39, 0.29) is 11.8 Å². The molecular weight excluding hydrogens is 350 g/mol. The van der Waals surface area contributed by atoms with Gasteiger partial charge in [-0.05, 0) is 56.8 Å². The maximum atomic E-state index is 11.7. The first-order valence-electron chi connectivity index (χ1n) is 10.9. The number of nitrogens with zero attached hydrogens (tertiary/aromatic N) is 2. The molecular formula is C22H35N5O. The van der Waals surface area contributed by atoms with Gasteiger partial charge in [-0.3, -0.25) is 9.69 Å². The lowest BCUT2D eigenvalue weighted by molar-refractivity contribution is -0.122. The molecule has 6 nitrogen and oxygen atoms in total. The van der Waals surface area contributed by atoms with Crippen molar-refractivity contribution in [2.24, 2.45) is 10.9 Å². The van der Waals surface area contributed by atoms with Gasteiger partial charge in [-0.2, -0.15) is 0 Å². The van der Waals surface area contributed by atoms with Crippen LogP contribution in [0.15, 0.2) is 29.3 Å². The highest BCUT2D eigenvalue weighted by Crippen LogP contribution is 2.28. The average Bonchev–Trinajstić information content (AvgIpc) is 3.56. The Balaban J connectivity index is 1.50. The topological polar surface area (TPSA) is 68.8 Å². The maximum absolute atomic E-state index is 11.7. The highest BCUT2D eigenvalue weighted by Gasteiger charge is 2.28. The van der Waals surface area contributed by atoms with Gasteiger partial charge in [-0.25, -0.2) is 4.99 Å². The SMILES string of the molecule is CCNC(=NCc1ccccc1CN1CCCCC1)NCCNC(=O)C1CC1. The molecule has 1 aliphatic carbocycles. The van der Waals surface area contributed by atoms with E-state index in [2.05, 4.69) is 52.0 Å². The molecule has 0 radical (unpaired) electrons. The largest absolute Gasteiger partial charge is 0.357 e. The highest BCUT2D eigenvalue weighted by molar-refractivity contribution is 5.81. The number of aliphatic imine (C=N–C) groups is 1. The number of amides is 1. The van der Waals surface area contributed by atoms with Gasteiger partial charge in [-0.1, -0.05) is 30.7 Å². The summed E-state index contributed by atoms with van der Waals surface area (Å²) in [6, 6.07) is 8.63. The number of rotatable bonds is 9. The van der Waals surface area contributed by atoms with Crippen LogP contribution in [0.4, 0.5) is 0 Å². The summed E-state index contributed by atoms with van der Waals surface area (Å²) in [7, 11) is 0. The van der Waals surface area contributed by atoms with Crippen molar-refractivity contribution < 1.29 is 4.79 Å². The molecule has 0 spiro atoms. The normalized spacial score (nSPS) is 18.0. The summed E-state index contributed by atoms with van der Waals surface area (Å²) in [6.45, 7) is 8.27. The Bertz CT molecular complexity index is 650. The molecule has 2 fully saturated rings. The van der Waals surface area contributed by atoms with Gasteiger partial charge in [0, 0.05) is 32.1 Å². The number of hydrogen-bond acceptors (Lipinski definition) is 3. The molecule has 0 bridgehead atoms. The first-order chi connectivity index (χ1) is 13.8. The molecule has 1 aromatic rings. The van der Waals surface area contributed by atoms with E-state index in [1.165, 1.54) is 43.5 Å². The zero-order chi connectivity index (χ0) is 19.6. The monoisotopic (exact) mass is 385 g/mol. The van der Waals surface area contributed by atoms with Crippen LogP contribution in [0.5, 0.6) is 0 Å². The number of benzene rings is 1. The maximum Gasteiger partial charge on any atom is 0.223 e. The Morgan fingerprint density at radius 3 is 2.46 bits per heavy atom. The minimum atomic E-state index is 0.190. The summed E-state index contributed by atoms with van der Waals surface area (Å²) in [4.78, 5) is 19.0. The van der Waals surface area contributed by atoms with Crippen LogP contribution < -0.4 is 16.0 Å².